The highest BCUT2D eigenvalue weighted by Gasteiger charge is 2.43. The minimum Gasteiger partial charge on any atom is -0.475 e. The van der Waals surface area contributed by atoms with Crippen LogP contribution in [0.15, 0.2) is 59.8 Å². The summed E-state index contributed by atoms with van der Waals surface area (Å²) in [5.74, 6) is 2.70. The van der Waals surface area contributed by atoms with Crippen LogP contribution in [0.25, 0.3) is 32.9 Å². The molecule has 0 spiro atoms. The zero-order valence-corrected chi connectivity index (χ0v) is 34.9. The maximum Gasteiger partial charge on any atom is 0.249 e. The van der Waals surface area contributed by atoms with Gasteiger partial charge in [0, 0.05) is 30.9 Å². The summed E-state index contributed by atoms with van der Waals surface area (Å²) in [5, 5.41) is 0.531. The van der Waals surface area contributed by atoms with Crippen LogP contribution in [0.1, 0.15) is 65.5 Å². The van der Waals surface area contributed by atoms with Gasteiger partial charge in [-0.2, -0.15) is 0 Å². The lowest BCUT2D eigenvalue weighted by atomic mass is 9.95. The number of halogens is 2. The van der Waals surface area contributed by atoms with E-state index >= 15 is 8.78 Å². The minimum absolute atomic E-state index is 0.0545. The fourth-order valence-electron chi connectivity index (χ4n) is 8.55. The molecule has 1 aliphatic carbocycles. The Hall–Kier alpha value is -4.64. The van der Waals surface area contributed by atoms with Crippen LogP contribution in [0, 0.1) is 29.0 Å². The van der Waals surface area contributed by atoms with Crippen molar-refractivity contribution in [2.24, 2.45) is 5.92 Å². The number of hydrogen-bond acceptors (Lipinski definition) is 9. The Morgan fingerprint density at radius 2 is 1.64 bits per heavy atom. The van der Waals surface area contributed by atoms with Gasteiger partial charge >= 0.3 is 0 Å². The van der Waals surface area contributed by atoms with Crippen LogP contribution >= 0.6 is 0 Å². The van der Waals surface area contributed by atoms with Crippen LogP contribution in [-0.2, 0) is 21.1 Å². The molecule has 5 aromatic rings. The highest BCUT2D eigenvalue weighted by molar-refractivity contribution is 7.90. The smallest absolute Gasteiger partial charge is 0.249 e. The number of benzene rings is 3. The summed E-state index contributed by atoms with van der Waals surface area (Å²) in [5.41, 5.74) is 5.29. The van der Waals surface area contributed by atoms with Crippen molar-refractivity contribution in [2.45, 2.75) is 88.8 Å². The number of hydrogen-bond donors (Lipinski definition) is 0. The minimum atomic E-state index is -4.02. The van der Waals surface area contributed by atoms with E-state index < -0.39 is 34.7 Å². The van der Waals surface area contributed by atoms with E-state index in [9.17, 15) is 8.42 Å². The molecular weight excluding hydrogens is 751 g/mol. The predicted octanol–water partition coefficient (Wildman–Crippen LogP) is 9.26. The maximum absolute atomic E-state index is 17.6. The molecule has 7 rings (SSSR count). The molecule has 1 fully saturated rings. The Kier molecular flexibility index (Phi) is 10.9. The van der Waals surface area contributed by atoms with E-state index in [4.69, 9.17) is 19.2 Å². The Balaban J connectivity index is 1.55. The van der Waals surface area contributed by atoms with Gasteiger partial charge in [-0.3, -0.25) is 0 Å². The lowest BCUT2D eigenvalue weighted by Crippen LogP contribution is -2.43. The summed E-state index contributed by atoms with van der Waals surface area (Å²) in [6.45, 7) is 13.6. The molecule has 13 heteroatoms. The Morgan fingerprint density at radius 1 is 0.946 bits per heavy atom. The SMILES string of the molecule is COCOc1cc(-c2nc3c4c(nc(S(C)(=O)=O)nc4c2F)N(Cc2ccccc2)[C@@H](C2CC2)CO3)c2c(C#C[Si](C(C)C)(C(C)C)C(C)C)c(F)ccc2c1. The molecule has 1 aliphatic heterocycles. The summed E-state index contributed by atoms with van der Waals surface area (Å²) < 4.78 is 77.8. The maximum atomic E-state index is 17.6. The molecule has 56 heavy (non-hydrogen) atoms. The lowest BCUT2D eigenvalue weighted by molar-refractivity contribution is 0.0512. The van der Waals surface area contributed by atoms with E-state index in [1.54, 1.807) is 18.2 Å². The van der Waals surface area contributed by atoms with Gasteiger partial charge in [-0.05, 0) is 64.5 Å². The molecule has 294 valence electrons. The third kappa shape index (κ3) is 7.23. The topological polar surface area (TPSA) is 104 Å². The molecule has 0 N–H and O–H groups in total. The first-order chi connectivity index (χ1) is 26.6. The highest BCUT2D eigenvalue weighted by Crippen LogP contribution is 2.47. The van der Waals surface area contributed by atoms with Crippen LogP contribution in [-0.4, -0.2) is 64.3 Å². The molecular formula is C43H48F2N4O5SSi. The second-order valence-corrected chi connectivity index (χ2v) is 23.4. The highest BCUT2D eigenvalue weighted by atomic mass is 32.2. The number of fused-ring (bicyclic) bond motifs is 1. The third-order valence-electron chi connectivity index (χ3n) is 11.4. The van der Waals surface area contributed by atoms with E-state index in [2.05, 4.69) is 63.0 Å². The van der Waals surface area contributed by atoms with E-state index in [0.717, 1.165) is 24.7 Å². The molecule has 1 atom stereocenters. The normalized spacial score (nSPS) is 16.0. The van der Waals surface area contributed by atoms with Gasteiger partial charge in [-0.25, -0.2) is 32.2 Å². The standard InChI is InChI=1S/C43H48F2N4O5SSi/c1-25(2)56(26(3)4,27(5)6)19-18-32-34(44)17-16-30-20-31(54-24-52-7)21-33(36(30)32)39-38(45)40-37-41(48-43(47-40)55(8,50)51)49(22-28-12-10-9-11-13-28)35(29-14-15-29)23-53-42(37)46-39/h9-13,16-17,20-21,25-27,29,35H,14-15,22-24H2,1-8H3/t35-/m1/s1. The summed E-state index contributed by atoms with van der Waals surface area (Å²) in [6.07, 6.45) is 2.92. The summed E-state index contributed by atoms with van der Waals surface area (Å²) in [7, 11) is -4.87. The average Bonchev–Trinajstić information content (AvgIpc) is 4.01. The van der Waals surface area contributed by atoms with Crippen molar-refractivity contribution in [3.05, 3.63) is 77.4 Å². The van der Waals surface area contributed by atoms with Crippen molar-refractivity contribution in [1.29, 1.82) is 0 Å². The first-order valence-corrected chi connectivity index (χ1v) is 23.2. The molecule has 0 saturated heterocycles. The fraction of sp³-hybridized carbons (Fsp3) is 0.419. The quantitative estimate of drug-likeness (QED) is 0.0560. The Morgan fingerprint density at radius 3 is 2.27 bits per heavy atom. The van der Waals surface area contributed by atoms with Crippen molar-refractivity contribution < 1.29 is 31.4 Å². The van der Waals surface area contributed by atoms with Gasteiger partial charge in [0.15, 0.2) is 12.6 Å². The number of sulfone groups is 1. The van der Waals surface area contributed by atoms with Gasteiger partial charge in [0.05, 0.1) is 11.6 Å². The number of methoxy groups -OCH3 is 1. The lowest BCUT2D eigenvalue weighted by Gasteiger charge is -2.38. The zero-order valence-electron chi connectivity index (χ0n) is 33.1. The van der Waals surface area contributed by atoms with Crippen LogP contribution < -0.4 is 14.4 Å². The Labute approximate surface area is 328 Å². The van der Waals surface area contributed by atoms with Crippen LogP contribution in [0.2, 0.25) is 16.6 Å². The first kappa shape index (κ1) is 39.6. The van der Waals surface area contributed by atoms with E-state index in [1.807, 2.05) is 35.2 Å². The molecule has 0 unspecified atom stereocenters. The van der Waals surface area contributed by atoms with Crippen LogP contribution in [0.3, 0.4) is 0 Å². The molecule has 2 aromatic heterocycles. The number of nitrogens with zero attached hydrogens (tertiary/aromatic N) is 4. The summed E-state index contributed by atoms with van der Waals surface area (Å²) in [4.78, 5) is 15.8. The molecule has 9 nitrogen and oxygen atoms in total. The predicted molar refractivity (Wildman–Crippen MR) is 218 cm³/mol. The number of ether oxygens (including phenoxy) is 3. The monoisotopic (exact) mass is 798 g/mol. The van der Waals surface area contributed by atoms with E-state index in [-0.39, 0.29) is 81.4 Å². The second kappa shape index (κ2) is 15.4. The second-order valence-electron chi connectivity index (χ2n) is 15.9. The van der Waals surface area contributed by atoms with Gasteiger partial charge in [-0.15, -0.1) is 5.54 Å². The summed E-state index contributed by atoms with van der Waals surface area (Å²) in [6, 6.07) is 15.8. The Bertz CT molecular complexity index is 2460. The third-order valence-corrected chi connectivity index (χ3v) is 18.5. The molecule has 3 heterocycles. The van der Waals surface area contributed by atoms with Gasteiger partial charge in [-0.1, -0.05) is 83.9 Å². The number of aromatic nitrogens is 3. The largest absolute Gasteiger partial charge is 0.475 e. The number of anilines is 1. The fourth-order valence-corrected chi connectivity index (χ4v) is 14.3. The van der Waals surface area contributed by atoms with Crippen molar-refractivity contribution in [2.75, 3.05) is 31.7 Å². The van der Waals surface area contributed by atoms with Gasteiger partial charge in [0.25, 0.3) is 0 Å². The van der Waals surface area contributed by atoms with Crippen LogP contribution in [0.5, 0.6) is 11.6 Å². The van der Waals surface area contributed by atoms with Crippen LogP contribution in [0.4, 0.5) is 14.6 Å². The van der Waals surface area contributed by atoms with Crippen molar-refractivity contribution >= 4 is 45.4 Å². The first-order valence-electron chi connectivity index (χ1n) is 19.1. The number of rotatable bonds is 11. The van der Waals surface area contributed by atoms with Gasteiger partial charge in [0.2, 0.25) is 20.9 Å². The molecule has 0 radical (unpaired) electrons. The van der Waals surface area contributed by atoms with Gasteiger partial charge < -0.3 is 19.1 Å². The van der Waals surface area contributed by atoms with E-state index in [1.165, 1.54) is 13.2 Å². The molecule has 2 aliphatic rings. The molecule has 0 bridgehead atoms. The molecule has 3 aromatic carbocycles. The number of pyridine rings is 1. The molecule has 1 saturated carbocycles. The average molecular weight is 799 g/mol. The zero-order chi connectivity index (χ0) is 40.1. The van der Waals surface area contributed by atoms with Crippen molar-refractivity contribution in [1.82, 2.24) is 15.0 Å². The van der Waals surface area contributed by atoms with E-state index in [0.29, 0.717) is 23.1 Å². The summed E-state index contributed by atoms with van der Waals surface area (Å²) >= 11 is 0. The van der Waals surface area contributed by atoms with Crippen molar-refractivity contribution in [3.63, 3.8) is 0 Å². The molecule has 0 amide bonds. The van der Waals surface area contributed by atoms with Gasteiger partial charge in [0.1, 0.15) is 48.7 Å². The van der Waals surface area contributed by atoms with Crippen molar-refractivity contribution in [3.8, 4) is 34.4 Å².